The first-order chi connectivity index (χ1) is 6.29. The molecule has 0 aromatic carbocycles. The van der Waals surface area contributed by atoms with E-state index in [0.717, 1.165) is 36.7 Å². The summed E-state index contributed by atoms with van der Waals surface area (Å²) in [6.07, 6.45) is 4.88. The van der Waals surface area contributed by atoms with Crippen LogP contribution >= 0.6 is 0 Å². The zero-order chi connectivity index (χ0) is 9.68. The van der Waals surface area contributed by atoms with Crippen molar-refractivity contribution >= 4 is 12.3 Å². The highest BCUT2D eigenvalue weighted by Gasteiger charge is 2.20. The molecule has 0 saturated heterocycles. The Morgan fingerprint density at radius 1 is 1.54 bits per heavy atom. The molecular formula is C10H14O3. The molecule has 0 unspecified atom stereocenters. The topological polar surface area (TPSA) is 43.4 Å². The lowest BCUT2D eigenvalue weighted by Gasteiger charge is -2.02. The smallest absolute Gasteiger partial charge is 0.333 e. The number of carbonyl (C=O) groups is 2. The normalized spacial score (nSPS) is 16.1. The minimum atomic E-state index is -0.224. The second-order valence-electron chi connectivity index (χ2n) is 3.13. The summed E-state index contributed by atoms with van der Waals surface area (Å²) < 4.78 is 4.66. The molecule has 13 heavy (non-hydrogen) atoms. The lowest BCUT2D eigenvalue weighted by atomic mass is 10.1. The van der Waals surface area contributed by atoms with Crippen molar-refractivity contribution in [3.8, 4) is 0 Å². The van der Waals surface area contributed by atoms with Crippen molar-refractivity contribution in [3.63, 3.8) is 0 Å². The van der Waals surface area contributed by atoms with E-state index in [-0.39, 0.29) is 5.97 Å². The first kappa shape index (κ1) is 9.96. The minimum Gasteiger partial charge on any atom is -0.466 e. The molecule has 0 fully saturated rings. The van der Waals surface area contributed by atoms with Crippen LogP contribution < -0.4 is 0 Å². The zero-order valence-electron chi connectivity index (χ0n) is 7.84. The Kier molecular flexibility index (Phi) is 3.68. The van der Waals surface area contributed by atoms with Crippen molar-refractivity contribution in [2.75, 3.05) is 7.11 Å². The molecule has 1 aliphatic carbocycles. The van der Waals surface area contributed by atoms with Gasteiger partial charge in [0.15, 0.2) is 0 Å². The molecule has 0 heterocycles. The van der Waals surface area contributed by atoms with Gasteiger partial charge < -0.3 is 9.53 Å². The van der Waals surface area contributed by atoms with Crippen LogP contribution in [-0.4, -0.2) is 19.4 Å². The van der Waals surface area contributed by atoms with Gasteiger partial charge in [-0.25, -0.2) is 4.79 Å². The van der Waals surface area contributed by atoms with Crippen LogP contribution in [0.1, 0.15) is 32.1 Å². The summed E-state index contributed by atoms with van der Waals surface area (Å²) in [5.41, 5.74) is 1.91. The van der Waals surface area contributed by atoms with Crippen molar-refractivity contribution in [1.29, 1.82) is 0 Å². The maximum absolute atomic E-state index is 11.2. The number of esters is 1. The third-order valence-corrected chi connectivity index (χ3v) is 2.33. The Bertz CT molecular complexity index is 241. The number of allylic oxidation sites excluding steroid dienone is 1. The van der Waals surface area contributed by atoms with E-state index in [1.807, 2.05) is 0 Å². The molecule has 0 atom stereocenters. The largest absolute Gasteiger partial charge is 0.466 e. The van der Waals surface area contributed by atoms with Crippen LogP contribution in [0.5, 0.6) is 0 Å². The molecule has 72 valence electrons. The van der Waals surface area contributed by atoms with Gasteiger partial charge in [0.25, 0.3) is 0 Å². The number of hydrogen-bond donors (Lipinski definition) is 0. The van der Waals surface area contributed by atoms with Crippen LogP contribution in [0.3, 0.4) is 0 Å². The van der Waals surface area contributed by atoms with E-state index in [2.05, 4.69) is 4.74 Å². The number of ether oxygens (including phenoxy) is 1. The van der Waals surface area contributed by atoms with Crippen LogP contribution in [0.2, 0.25) is 0 Å². The average molecular weight is 182 g/mol. The molecule has 0 aliphatic heterocycles. The van der Waals surface area contributed by atoms with Gasteiger partial charge in [0.05, 0.1) is 7.11 Å². The van der Waals surface area contributed by atoms with Crippen molar-refractivity contribution in [2.24, 2.45) is 0 Å². The fourth-order valence-electron chi connectivity index (χ4n) is 1.68. The molecule has 1 aliphatic rings. The molecule has 3 heteroatoms. The van der Waals surface area contributed by atoms with Gasteiger partial charge in [-0.1, -0.05) is 5.57 Å². The molecular weight excluding hydrogens is 168 g/mol. The van der Waals surface area contributed by atoms with Crippen LogP contribution in [0.15, 0.2) is 11.1 Å². The number of hydrogen-bond acceptors (Lipinski definition) is 3. The minimum absolute atomic E-state index is 0.224. The van der Waals surface area contributed by atoms with Crippen molar-refractivity contribution < 1.29 is 14.3 Å². The molecule has 0 spiro atoms. The summed E-state index contributed by atoms with van der Waals surface area (Å²) in [6.45, 7) is 0. The molecule has 0 aromatic rings. The molecule has 0 saturated carbocycles. The van der Waals surface area contributed by atoms with Crippen molar-refractivity contribution in [3.05, 3.63) is 11.1 Å². The molecule has 0 N–H and O–H groups in total. The maximum Gasteiger partial charge on any atom is 0.333 e. The first-order valence-electron chi connectivity index (χ1n) is 4.52. The Labute approximate surface area is 77.8 Å². The Hall–Kier alpha value is -1.12. The molecule has 1 rings (SSSR count). The highest BCUT2D eigenvalue weighted by Crippen LogP contribution is 2.29. The second-order valence-corrected chi connectivity index (χ2v) is 3.13. The van der Waals surface area contributed by atoms with Gasteiger partial charge in [0, 0.05) is 12.0 Å². The summed E-state index contributed by atoms with van der Waals surface area (Å²) in [6, 6.07) is 0. The van der Waals surface area contributed by atoms with Crippen molar-refractivity contribution in [1.82, 2.24) is 0 Å². The van der Waals surface area contributed by atoms with E-state index in [0.29, 0.717) is 12.8 Å². The van der Waals surface area contributed by atoms with Gasteiger partial charge in [0.2, 0.25) is 0 Å². The van der Waals surface area contributed by atoms with E-state index in [1.54, 1.807) is 0 Å². The Morgan fingerprint density at radius 2 is 2.31 bits per heavy atom. The third-order valence-electron chi connectivity index (χ3n) is 2.33. The fraction of sp³-hybridized carbons (Fsp3) is 0.600. The predicted octanol–water partition coefficient (Wildman–Crippen LogP) is 1.62. The van der Waals surface area contributed by atoms with Gasteiger partial charge in [-0.3, -0.25) is 0 Å². The van der Waals surface area contributed by atoms with E-state index in [4.69, 9.17) is 0 Å². The monoisotopic (exact) mass is 182 g/mol. The maximum atomic E-state index is 11.2. The summed E-state index contributed by atoms with van der Waals surface area (Å²) in [5, 5.41) is 0. The van der Waals surface area contributed by atoms with Gasteiger partial charge in [-0.15, -0.1) is 0 Å². The molecule has 0 bridgehead atoms. The SMILES string of the molecule is COC(=O)C1=C(CCC=O)CCC1. The molecule has 0 aromatic heterocycles. The number of aldehydes is 1. The Balaban J connectivity index is 2.65. The van der Waals surface area contributed by atoms with Gasteiger partial charge in [-0.05, 0) is 25.7 Å². The van der Waals surface area contributed by atoms with E-state index < -0.39 is 0 Å². The van der Waals surface area contributed by atoms with Crippen molar-refractivity contribution in [2.45, 2.75) is 32.1 Å². The number of rotatable bonds is 4. The average Bonchev–Trinajstić information content (AvgIpc) is 2.61. The van der Waals surface area contributed by atoms with Gasteiger partial charge >= 0.3 is 5.97 Å². The number of methoxy groups -OCH3 is 1. The number of carbonyl (C=O) groups excluding carboxylic acids is 2. The molecule has 3 nitrogen and oxygen atoms in total. The highest BCUT2D eigenvalue weighted by atomic mass is 16.5. The van der Waals surface area contributed by atoms with Gasteiger partial charge in [-0.2, -0.15) is 0 Å². The predicted molar refractivity (Wildman–Crippen MR) is 48.2 cm³/mol. The van der Waals surface area contributed by atoms with Crippen LogP contribution in [-0.2, 0) is 14.3 Å². The lowest BCUT2D eigenvalue weighted by molar-refractivity contribution is -0.136. The molecule has 0 radical (unpaired) electrons. The quantitative estimate of drug-likeness (QED) is 0.490. The van der Waals surface area contributed by atoms with E-state index in [9.17, 15) is 9.59 Å². The standard InChI is InChI=1S/C10H14O3/c1-13-10(12)9-6-2-4-8(9)5-3-7-11/h7H,2-6H2,1H3. The van der Waals surface area contributed by atoms with Crippen LogP contribution in [0.4, 0.5) is 0 Å². The fourth-order valence-corrected chi connectivity index (χ4v) is 1.68. The Morgan fingerprint density at radius 3 is 2.92 bits per heavy atom. The first-order valence-corrected chi connectivity index (χ1v) is 4.52. The van der Waals surface area contributed by atoms with Crippen LogP contribution in [0, 0.1) is 0 Å². The summed E-state index contributed by atoms with van der Waals surface area (Å²) in [4.78, 5) is 21.4. The summed E-state index contributed by atoms with van der Waals surface area (Å²) in [7, 11) is 1.39. The van der Waals surface area contributed by atoms with Gasteiger partial charge in [0.1, 0.15) is 6.29 Å². The van der Waals surface area contributed by atoms with E-state index >= 15 is 0 Å². The second kappa shape index (κ2) is 4.80. The zero-order valence-corrected chi connectivity index (χ0v) is 7.84. The lowest BCUT2D eigenvalue weighted by Crippen LogP contribution is -2.04. The van der Waals surface area contributed by atoms with Crippen LogP contribution in [0.25, 0.3) is 0 Å². The molecule has 0 amide bonds. The summed E-state index contributed by atoms with van der Waals surface area (Å²) >= 11 is 0. The summed E-state index contributed by atoms with van der Waals surface area (Å²) in [5.74, 6) is -0.224. The third kappa shape index (κ3) is 2.41. The highest BCUT2D eigenvalue weighted by molar-refractivity contribution is 5.89. The van der Waals surface area contributed by atoms with E-state index in [1.165, 1.54) is 7.11 Å².